The van der Waals surface area contributed by atoms with Gasteiger partial charge in [0.05, 0.1) is 12.6 Å². The van der Waals surface area contributed by atoms with Crippen LogP contribution in [0.5, 0.6) is 5.75 Å². The van der Waals surface area contributed by atoms with E-state index in [-0.39, 0.29) is 35.7 Å². The van der Waals surface area contributed by atoms with E-state index in [0.717, 1.165) is 37.0 Å². The van der Waals surface area contributed by atoms with Crippen molar-refractivity contribution in [2.24, 2.45) is 5.92 Å². The summed E-state index contributed by atoms with van der Waals surface area (Å²) in [5, 5.41) is 6.18. The molecule has 24 heavy (non-hydrogen) atoms. The van der Waals surface area contributed by atoms with E-state index >= 15 is 0 Å². The van der Waals surface area contributed by atoms with Crippen LogP contribution in [0.25, 0.3) is 0 Å². The molecule has 3 rings (SSSR count). The Morgan fingerprint density at radius 3 is 2.50 bits per heavy atom. The van der Waals surface area contributed by atoms with E-state index < -0.39 is 0 Å². The van der Waals surface area contributed by atoms with Gasteiger partial charge in [0.15, 0.2) is 0 Å². The fourth-order valence-electron chi connectivity index (χ4n) is 4.04. The number of nitrogens with one attached hydrogen (secondary N) is 2. The van der Waals surface area contributed by atoms with Crippen molar-refractivity contribution in [3.63, 3.8) is 0 Å². The number of methoxy groups -OCH3 is 1. The van der Waals surface area contributed by atoms with Gasteiger partial charge in [-0.2, -0.15) is 0 Å². The first-order valence-electron chi connectivity index (χ1n) is 8.78. The summed E-state index contributed by atoms with van der Waals surface area (Å²) in [7, 11) is 1.65. The number of hydrogen-bond donors (Lipinski definition) is 2. The Morgan fingerprint density at radius 2 is 1.92 bits per heavy atom. The summed E-state index contributed by atoms with van der Waals surface area (Å²) in [5.74, 6) is 0.564. The molecule has 1 saturated carbocycles. The first-order chi connectivity index (χ1) is 11.5. The second-order valence-corrected chi connectivity index (χ2v) is 7.11. The molecule has 2 atom stereocenters. The van der Waals surface area contributed by atoms with Crippen LogP contribution in [-0.2, 0) is 15.1 Å². The van der Waals surface area contributed by atoms with Crippen LogP contribution in [0.15, 0.2) is 24.3 Å². The zero-order valence-corrected chi connectivity index (χ0v) is 14.4. The number of benzene rings is 1. The Hall–Kier alpha value is -2.04. The summed E-state index contributed by atoms with van der Waals surface area (Å²) >= 11 is 0. The predicted molar refractivity (Wildman–Crippen MR) is 91.6 cm³/mol. The Bertz CT molecular complexity index is 606. The van der Waals surface area contributed by atoms with E-state index in [1.807, 2.05) is 31.2 Å². The monoisotopic (exact) mass is 330 g/mol. The molecule has 5 heteroatoms. The highest BCUT2D eigenvalue weighted by Crippen LogP contribution is 2.39. The van der Waals surface area contributed by atoms with Gasteiger partial charge < -0.3 is 15.4 Å². The van der Waals surface area contributed by atoms with Crippen molar-refractivity contribution in [1.29, 1.82) is 0 Å². The SMILES string of the molecule is COc1ccc(C2(NC(=O)[C@H]3CC(=O)N[C@@H](C)C3)CCCC2)cc1. The van der Waals surface area contributed by atoms with Crippen molar-refractivity contribution in [2.45, 2.75) is 57.0 Å². The fraction of sp³-hybridized carbons (Fsp3) is 0.579. The number of carbonyl (C=O) groups excluding carboxylic acids is 2. The van der Waals surface area contributed by atoms with E-state index in [1.165, 1.54) is 0 Å². The minimum Gasteiger partial charge on any atom is -0.497 e. The van der Waals surface area contributed by atoms with Gasteiger partial charge in [-0.15, -0.1) is 0 Å². The molecule has 0 spiro atoms. The van der Waals surface area contributed by atoms with E-state index in [0.29, 0.717) is 6.42 Å². The molecule has 1 aromatic carbocycles. The van der Waals surface area contributed by atoms with Crippen molar-refractivity contribution in [2.75, 3.05) is 7.11 Å². The average molecular weight is 330 g/mol. The molecule has 2 N–H and O–H groups in total. The first-order valence-corrected chi connectivity index (χ1v) is 8.78. The molecule has 0 bridgehead atoms. The Labute approximate surface area is 143 Å². The lowest BCUT2D eigenvalue weighted by atomic mass is 9.85. The summed E-state index contributed by atoms with van der Waals surface area (Å²) in [4.78, 5) is 24.6. The molecule has 1 heterocycles. The highest BCUT2D eigenvalue weighted by molar-refractivity contribution is 5.87. The summed E-state index contributed by atoms with van der Waals surface area (Å²) in [6, 6.07) is 8.03. The molecule has 2 amide bonds. The topological polar surface area (TPSA) is 67.4 Å². The van der Waals surface area contributed by atoms with E-state index in [2.05, 4.69) is 10.6 Å². The molecule has 1 saturated heterocycles. The van der Waals surface area contributed by atoms with E-state index in [4.69, 9.17) is 4.74 Å². The summed E-state index contributed by atoms with van der Waals surface area (Å²) in [5.41, 5.74) is 0.822. The van der Waals surface area contributed by atoms with Gasteiger partial charge in [-0.3, -0.25) is 9.59 Å². The van der Waals surface area contributed by atoms with Gasteiger partial charge in [0, 0.05) is 18.4 Å². The van der Waals surface area contributed by atoms with Crippen LogP contribution in [0.2, 0.25) is 0 Å². The molecule has 130 valence electrons. The molecule has 1 aromatic rings. The summed E-state index contributed by atoms with van der Waals surface area (Å²) in [6.45, 7) is 1.95. The van der Waals surface area contributed by atoms with Gasteiger partial charge in [-0.25, -0.2) is 0 Å². The van der Waals surface area contributed by atoms with Crippen LogP contribution < -0.4 is 15.4 Å². The van der Waals surface area contributed by atoms with E-state index in [1.54, 1.807) is 7.11 Å². The van der Waals surface area contributed by atoms with Gasteiger partial charge in [0.1, 0.15) is 5.75 Å². The quantitative estimate of drug-likeness (QED) is 0.891. The number of ether oxygens (including phenoxy) is 1. The highest BCUT2D eigenvalue weighted by atomic mass is 16.5. The Kier molecular flexibility index (Phi) is 4.78. The second-order valence-electron chi connectivity index (χ2n) is 7.11. The molecule has 2 aliphatic rings. The zero-order valence-electron chi connectivity index (χ0n) is 14.4. The third-order valence-corrected chi connectivity index (χ3v) is 5.31. The number of rotatable bonds is 4. The maximum Gasteiger partial charge on any atom is 0.224 e. The Balaban J connectivity index is 1.77. The number of amides is 2. The van der Waals surface area contributed by atoms with Gasteiger partial charge in [-0.1, -0.05) is 25.0 Å². The molecular weight excluding hydrogens is 304 g/mol. The highest BCUT2D eigenvalue weighted by Gasteiger charge is 2.39. The second kappa shape index (κ2) is 6.83. The third-order valence-electron chi connectivity index (χ3n) is 5.31. The summed E-state index contributed by atoms with van der Waals surface area (Å²) < 4.78 is 5.23. The summed E-state index contributed by atoms with van der Waals surface area (Å²) in [6.07, 6.45) is 5.09. The molecule has 5 nitrogen and oxygen atoms in total. The van der Waals surface area contributed by atoms with Crippen molar-refractivity contribution in [1.82, 2.24) is 10.6 Å². The molecular formula is C19H26N2O3. The van der Waals surface area contributed by atoms with Gasteiger partial charge in [0.25, 0.3) is 0 Å². The molecule has 0 aromatic heterocycles. The molecule has 1 aliphatic carbocycles. The van der Waals surface area contributed by atoms with Crippen LogP contribution in [0, 0.1) is 5.92 Å². The smallest absolute Gasteiger partial charge is 0.224 e. The normalized spacial score (nSPS) is 25.8. The van der Waals surface area contributed by atoms with Crippen molar-refractivity contribution >= 4 is 11.8 Å². The third kappa shape index (κ3) is 3.40. The fourth-order valence-corrected chi connectivity index (χ4v) is 4.04. The minimum absolute atomic E-state index is 0.00872. The lowest BCUT2D eigenvalue weighted by molar-refractivity contribution is -0.134. The van der Waals surface area contributed by atoms with Crippen LogP contribution in [0.3, 0.4) is 0 Å². The van der Waals surface area contributed by atoms with Gasteiger partial charge in [0.2, 0.25) is 11.8 Å². The lowest BCUT2D eigenvalue weighted by Gasteiger charge is -2.34. The average Bonchev–Trinajstić information content (AvgIpc) is 3.03. The van der Waals surface area contributed by atoms with Crippen molar-refractivity contribution < 1.29 is 14.3 Å². The van der Waals surface area contributed by atoms with Gasteiger partial charge in [-0.05, 0) is 43.9 Å². The predicted octanol–water partition coefficient (Wildman–Crippen LogP) is 2.50. The van der Waals surface area contributed by atoms with Crippen LogP contribution in [0.1, 0.15) is 51.0 Å². The lowest BCUT2D eigenvalue weighted by Crippen LogP contribution is -2.50. The number of carbonyl (C=O) groups is 2. The van der Waals surface area contributed by atoms with Crippen LogP contribution in [-0.4, -0.2) is 25.0 Å². The molecule has 1 aliphatic heterocycles. The standard InChI is InChI=1S/C19H26N2O3/c1-13-11-14(12-17(22)20-13)18(23)21-19(9-3-4-10-19)15-5-7-16(24-2)8-6-15/h5-8,13-14H,3-4,9-12H2,1-2H3,(H,20,22)(H,21,23)/t13-,14+/m0/s1. The van der Waals surface area contributed by atoms with Crippen LogP contribution in [0.4, 0.5) is 0 Å². The minimum atomic E-state index is -0.305. The maximum absolute atomic E-state index is 12.8. The van der Waals surface area contributed by atoms with E-state index in [9.17, 15) is 9.59 Å². The van der Waals surface area contributed by atoms with Crippen molar-refractivity contribution in [3.8, 4) is 5.75 Å². The molecule has 0 radical (unpaired) electrons. The van der Waals surface area contributed by atoms with Crippen molar-refractivity contribution in [3.05, 3.63) is 29.8 Å². The first kappa shape index (κ1) is 16.8. The molecule has 0 unspecified atom stereocenters. The largest absolute Gasteiger partial charge is 0.497 e. The number of hydrogen-bond acceptors (Lipinski definition) is 3. The van der Waals surface area contributed by atoms with Crippen LogP contribution >= 0.6 is 0 Å². The van der Waals surface area contributed by atoms with Gasteiger partial charge >= 0.3 is 0 Å². The maximum atomic E-state index is 12.8. The molecule has 2 fully saturated rings. The zero-order chi connectivity index (χ0) is 17.2. The number of piperidine rings is 1. The Morgan fingerprint density at radius 1 is 1.25 bits per heavy atom.